The van der Waals surface area contributed by atoms with Crippen LogP contribution in [0.5, 0.6) is 0 Å². The largest absolute Gasteiger partial charge is 0.462 e. The Hall–Kier alpha value is -2.13. The highest BCUT2D eigenvalue weighted by atomic mass is 32.2. The average molecular weight is 901 g/mol. The number of carbonyl (C=O) groups excluding carboxylic acids is 2. The Bertz CT molecular complexity index is 1290. The smallest absolute Gasteiger partial charge is 0.306 e. The summed E-state index contributed by atoms with van der Waals surface area (Å²) in [6, 6.07) is 0. The van der Waals surface area contributed by atoms with E-state index in [0.29, 0.717) is 12.8 Å². The molecule has 0 radical (unpaired) electrons. The van der Waals surface area contributed by atoms with E-state index in [1.54, 1.807) is 0 Å². The van der Waals surface area contributed by atoms with Gasteiger partial charge in [0.05, 0.1) is 6.61 Å². The summed E-state index contributed by atoms with van der Waals surface area (Å²) >= 11 is 0. The molecule has 0 amide bonds. The van der Waals surface area contributed by atoms with Crippen molar-refractivity contribution in [2.45, 2.75) is 243 Å². The summed E-state index contributed by atoms with van der Waals surface area (Å²) in [4.78, 5) is 25.5. The van der Waals surface area contributed by atoms with Gasteiger partial charge < -0.3 is 34.3 Å². The minimum absolute atomic E-state index is 0.161. The number of rotatable bonds is 41. The van der Waals surface area contributed by atoms with Gasteiger partial charge in [0.2, 0.25) is 0 Å². The molecule has 0 aromatic heterocycles. The van der Waals surface area contributed by atoms with Crippen molar-refractivity contribution >= 4 is 22.1 Å². The van der Waals surface area contributed by atoms with Gasteiger partial charge in [-0.25, -0.2) is 0 Å². The topological polar surface area (TPSA) is 186 Å². The van der Waals surface area contributed by atoms with E-state index in [1.807, 2.05) is 0 Å². The molecule has 13 heteroatoms. The molecule has 362 valence electrons. The van der Waals surface area contributed by atoms with Crippen molar-refractivity contribution in [3.63, 3.8) is 0 Å². The first-order valence-corrected chi connectivity index (χ1v) is 26.2. The molecule has 62 heavy (non-hydrogen) atoms. The van der Waals surface area contributed by atoms with Crippen LogP contribution in [0.1, 0.15) is 206 Å². The fourth-order valence-corrected chi connectivity index (χ4v) is 8.04. The van der Waals surface area contributed by atoms with Gasteiger partial charge in [0.15, 0.2) is 12.4 Å². The summed E-state index contributed by atoms with van der Waals surface area (Å²) in [5, 5.41) is 30.9. The van der Waals surface area contributed by atoms with Gasteiger partial charge in [0.25, 0.3) is 10.1 Å². The lowest BCUT2D eigenvalue weighted by Crippen LogP contribution is -2.60. The third-order valence-corrected chi connectivity index (χ3v) is 11.9. The lowest BCUT2D eigenvalue weighted by atomic mass is 10.00. The van der Waals surface area contributed by atoms with Gasteiger partial charge in [-0.05, 0) is 70.6 Å². The maximum atomic E-state index is 12.8. The maximum Gasteiger partial charge on any atom is 0.306 e. The zero-order valence-corrected chi connectivity index (χ0v) is 39.5. The minimum Gasteiger partial charge on any atom is -0.462 e. The van der Waals surface area contributed by atoms with Gasteiger partial charge in [-0.3, -0.25) is 14.1 Å². The van der Waals surface area contributed by atoms with Crippen molar-refractivity contribution in [3.05, 3.63) is 36.5 Å². The summed E-state index contributed by atoms with van der Waals surface area (Å²) in [5.41, 5.74) is 0. The Morgan fingerprint density at radius 3 is 1.47 bits per heavy atom. The number of ether oxygens (including phenoxy) is 4. The molecule has 0 aliphatic carbocycles. The number of aliphatic hydroxyl groups is 3. The molecular formula is C49H88O12S. The first-order valence-electron chi connectivity index (χ1n) is 24.5. The van der Waals surface area contributed by atoms with Gasteiger partial charge in [0.1, 0.15) is 36.8 Å². The number of esters is 2. The maximum absolute atomic E-state index is 12.8. The molecule has 1 aliphatic rings. The number of hydrogen-bond acceptors (Lipinski definition) is 11. The summed E-state index contributed by atoms with van der Waals surface area (Å²) in [5.74, 6) is -1.99. The Balaban J connectivity index is 2.41. The SMILES string of the molecule is CCCCC/C=C/C/C=C/CCCCCCCCCC(=O)OC[C@H](CO[C@H]1O[C@H](CS(=O)(=O)O)[C@@H](O)C(O)C1O)OC(=O)CCCCCCCCCCC/C=C/CCCCCC. The molecule has 1 saturated heterocycles. The third kappa shape index (κ3) is 33.4. The van der Waals surface area contributed by atoms with Crippen molar-refractivity contribution < 1.29 is 56.8 Å². The van der Waals surface area contributed by atoms with Gasteiger partial charge >= 0.3 is 11.9 Å². The molecule has 1 aliphatic heterocycles. The van der Waals surface area contributed by atoms with Crippen LogP contribution < -0.4 is 0 Å². The lowest BCUT2D eigenvalue weighted by molar-refractivity contribution is -0.297. The van der Waals surface area contributed by atoms with E-state index < -0.39 is 71.2 Å². The highest BCUT2D eigenvalue weighted by molar-refractivity contribution is 7.85. The molecule has 4 N–H and O–H groups in total. The van der Waals surface area contributed by atoms with E-state index in [4.69, 9.17) is 18.9 Å². The highest BCUT2D eigenvalue weighted by Crippen LogP contribution is 2.24. The van der Waals surface area contributed by atoms with Crippen molar-refractivity contribution in [1.82, 2.24) is 0 Å². The Labute approximate surface area is 376 Å². The molecule has 0 aromatic carbocycles. The standard InChI is InChI=1S/C49H88O12S/c1-3-5-7-9-11-13-15-17-19-21-23-25-27-29-31-33-35-37-44(50)58-39-42(40-59-49-48(54)47(53)46(52)43(61-49)41-62(55,56)57)60-45(51)38-36-34-32-30-28-26-24-22-20-18-16-14-12-10-8-6-4-2/h11,13-14,16-17,19,42-43,46-49,52-54H,3-10,12,15,18,20-41H2,1-2H3,(H,55,56,57)/b13-11+,16-14+,19-17+/t42-,43-,46-,47?,48?,49+/m1/s1. The lowest BCUT2D eigenvalue weighted by Gasteiger charge is -2.40. The number of hydrogen-bond donors (Lipinski definition) is 4. The fourth-order valence-electron chi connectivity index (χ4n) is 7.35. The van der Waals surface area contributed by atoms with Crippen LogP contribution in [0.4, 0.5) is 0 Å². The van der Waals surface area contributed by atoms with Gasteiger partial charge in [-0.15, -0.1) is 0 Å². The fraction of sp³-hybridized carbons (Fsp3) is 0.837. The molecule has 6 atom stereocenters. The normalized spacial score (nSPS) is 20.1. The van der Waals surface area contributed by atoms with Crippen LogP contribution >= 0.6 is 0 Å². The van der Waals surface area contributed by atoms with E-state index >= 15 is 0 Å². The molecular weight excluding hydrogens is 813 g/mol. The number of unbranched alkanes of at least 4 members (excludes halogenated alkanes) is 23. The average Bonchev–Trinajstić information content (AvgIpc) is 3.24. The van der Waals surface area contributed by atoms with Crippen molar-refractivity contribution in [1.29, 1.82) is 0 Å². The predicted octanol–water partition coefficient (Wildman–Crippen LogP) is 10.6. The van der Waals surface area contributed by atoms with Crippen LogP contribution in [0.2, 0.25) is 0 Å². The second-order valence-electron chi connectivity index (χ2n) is 17.1. The monoisotopic (exact) mass is 901 g/mol. The van der Waals surface area contributed by atoms with Crippen LogP contribution in [0.15, 0.2) is 36.5 Å². The van der Waals surface area contributed by atoms with Crippen LogP contribution in [0, 0.1) is 0 Å². The van der Waals surface area contributed by atoms with E-state index in [0.717, 1.165) is 64.2 Å². The summed E-state index contributed by atoms with van der Waals surface area (Å²) in [7, 11) is -4.60. The number of carbonyl (C=O) groups is 2. The Morgan fingerprint density at radius 1 is 0.548 bits per heavy atom. The molecule has 1 rings (SSSR count). The Morgan fingerprint density at radius 2 is 0.968 bits per heavy atom. The van der Waals surface area contributed by atoms with E-state index in [9.17, 15) is 37.9 Å². The van der Waals surface area contributed by atoms with Gasteiger partial charge in [-0.2, -0.15) is 8.42 Å². The highest BCUT2D eigenvalue weighted by Gasteiger charge is 2.46. The van der Waals surface area contributed by atoms with Gasteiger partial charge in [-0.1, -0.05) is 159 Å². The minimum atomic E-state index is -4.60. The number of allylic oxidation sites excluding steroid dienone is 6. The summed E-state index contributed by atoms with van der Waals surface area (Å²) in [6.07, 6.45) is 36.0. The van der Waals surface area contributed by atoms with Crippen LogP contribution in [0.3, 0.4) is 0 Å². The molecule has 0 aromatic rings. The molecule has 0 saturated carbocycles. The first kappa shape index (κ1) is 57.9. The molecule has 12 nitrogen and oxygen atoms in total. The first-order chi connectivity index (χ1) is 30.0. The van der Waals surface area contributed by atoms with E-state index in [1.165, 1.54) is 103 Å². The van der Waals surface area contributed by atoms with Crippen LogP contribution in [0.25, 0.3) is 0 Å². The third-order valence-electron chi connectivity index (χ3n) is 11.2. The van der Waals surface area contributed by atoms with E-state index in [2.05, 4.69) is 50.3 Å². The zero-order chi connectivity index (χ0) is 45.5. The van der Waals surface area contributed by atoms with Crippen molar-refractivity contribution in [3.8, 4) is 0 Å². The molecule has 1 fully saturated rings. The van der Waals surface area contributed by atoms with Crippen LogP contribution in [-0.4, -0.2) is 96.0 Å². The predicted molar refractivity (Wildman–Crippen MR) is 247 cm³/mol. The summed E-state index contributed by atoms with van der Waals surface area (Å²) in [6.45, 7) is 3.73. The molecule has 0 spiro atoms. The van der Waals surface area contributed by atoms with Gasteiger partial charge in [0, 0.05) is 12.8 Å². The molecule has 0 bridgehead atoms. The van der Waals surface area contributed by atoms with Crippen molar-refractivity contribution in [2.75, 3.05) is 19.0 Å². The molecule has 2 unspecified atom stereocenters. The zero-order valence-electron chi connectivity index (χ0n) is 38.7. The number of aliphatic hydroxyl groups excluding tert-OH is 3. The second kappa shape index (κ2) is 39.3. The van der Waals surface area contributed by atoms with E-state index in [-0.39, 0.29) is 19.4 Å². The Kier molecular flexibility index (Phi) is 36.6. The van der Waals surface area contributed by atoms with Crippen molar-refractivity contribution in [2.24, 2.45) is 0 Å². The molecule has 1 heterocycles. The van der Waals surface area contributed by atoms with Crippen LogP contribution in [-0.2, 0) is 38.7 Å². The second-order valence-corrected chi connectivity index (χ2v) is 18.6. The summed E-state index contributed by atoms with van der Waals surface area (Å²) < 4.78 is 54.2. The quantitative estimate of drug-likeness (QED) is 0.0197.